The number of rotatable bonds is 2. The molecule has 0 spiro atoms. The molecule has 96 valence electrons. The topological polar surface area (TPSA) is 41.1 Å². The van der Waals surface area contributed by atoms with Crippen molar-refractivity contribution in [1.82, 2.24) is 0 Å². The number of amides is 1. The van der Waals surface area contributed by atoms with Crippen molar-refractivity contribution in [1.29, 1.82) is 0 Å². The van der Waals surface area contributed by atoms with Crippen LogP contribution in [0.15, 0.2) is 46.9 Å². The van der Waals surface area contributed by atoms with Crippen LogP contribution in [-0.4, -0.2) is 5.91 Å². The highest BCUT2D eigenvalue weighted by atomic mass is 79.9. The van der Waals surface area contributed by atoms with Crippen LogP contribution < -0.4 is 10.6 Å². The molecule has 1 atom stereocenters. The molecule has 0 bridgehead atoms. The maximum Gasteiger partial charge on any atom is 0.251 e. The molecule has 2 aromatic rings. The summed E-state index contributed by atoms with van der Waals surface area (Å²) in [6.07, 6.45) is 0. The van der Waals surface area contributed by atoms with Crippen molar-refractivity contribution in [3.63, 3.8) is 0 Å². The van der Waals surface area contributed by atoms with Gasteiger partial charge >= 0.3 is 0 Å². The van der Waals surface area contributed by atoms with Crippen LogP contribution in [-0.2, 0) is 4.79 Å². The molecular formula is C14H10BrFN2O. The molecule has 1 aliphatic rings. The van der Waals surface area contributed by atoms with Gasteiger partial charge in [0.2, 0.25) is 0 Å². The molecule has 3 rings (SSSR count). The number of benzene rings is 2. The van der Waals surface area contributed by atoms with Gasteiger partial charge in [-0.15, -0.1) is 0 Å². The minimum Gasteiger partial charge on any atom is -0.369 e. The number of fused-ring (bicyclic) bond motifs is 1. The predicted molar refractivity (Wildman–Crippen MR) is 75.5 cm³/mol. The molecule has 1 heterocycles. The zero-order valence-corrected chi connectivity index (χ0v) is 11.4. The molecule has 0 saturated heterocycles. The highest BCUT2D eigenvalue weighted by Crippen LogP contribution is 2.34. The summed E-state index contributed by atoms with van der Waals surface area (Å²) in [5, 5.41) is 5.92. The van der Waals surface area contributed by atoms with Gasteiger partial charge in [0, 0.05) is 21.4 Å². The minimum atomic E-state index is -0.460. The quantitative estimate of drug-likeness (QED) is 0.886. The highest BCUT2D eigenvalue weighted by Gasteiger charge is 2.30. The first-order valence-electron chi connectivity index (χ1n) is 5.76. The lowest BCUT2D eigenvalue weighted by molar-refractivity contribution is -0.116. The van der Waals surface area contributed by atoms with E-state index in [1.165, 1.54) is 12.1 Å². The molecule has 5 heteroatoms. The van der Waals surface area contributed by atoms with Crippen molar-refractivity contribution in [2.75, 3.05) is 10.6 Å². The monoisotopic (exact) mass is 320 g/mol. The summed E-state index contributed by atoms with van der Waals surface area (Å²) in [5.74, 6) is -0.439. The molecule has 19 heavy (non-hydrogen) atoms. The van der Waals surface area contributed by atoms with Crippen molar-refractivity contribution in [3.05, 3.63) is 58.3 Å². The lowest BCUT2D eigenvalue weighted by Gasteiger charge is -2.14. The third-order valence-corrected chi connectivity index (χ3v) is 3.68. The van der Waals surface area contributed by atoms with Gasteiger partial charge in [-0.3, -0.25) is 4.79 Å². The van der Waals surface area contributed by atoms with Crippen LogP contribution >= 0.6 is 15.9 Å². The second kappa shape index (κ2) is 4.66. The van der Waals surface area contributed by atoms with E-state index in [-0.39, 0.29) is 11.7 Å². The van der Waals surface area contributed by atoms with Crippen LogP contribution in [0, 0.1) is 5.82 Å². The Hall–Kier alpha value is -1.88. The third kappa shape index (κ3) is 2.21. The average Bonchev–Trinajstić information content (AvgIpc) is 2.69. The number of anilines is 2. The summed E-state index contributed by atoms with van der Waals surface area (Å²) in [7, 11) is 0. The SMILES string of the molecule is O=C1Nc2ccccc2C1Nc1ccc(F)cc1Br. The Balaban J connectivity index is 1.93. The van der Waals surface area contributed by atoms with Crippen molar-refractivity contribution in [2.24, 2.45) is 0 Å². The zero-order valence-electron chi connectivity index (χ0n) is 9.78. The van der Waals surface area contributed by atoms with Gasteiger partial charge in [0.25, 0.3) is 5.91 Å². The first-order chi connectivity index (χ1) is 9.15. The molecule has 2 aromatic carbocycles. The summed E-state index contributed by atoms with van der Waals surface area (Å²) in [6.45, 7) is 0. The molecule has 1 aliphatic heterocycles. The van der Waals surface area contributed by atoms with Gasteiger partial charge in [0.05, 0.1) is 0 Å². The Bertz CT molecular complexity index is 660. The van der Waals surface area contributed by atoms with E-state index in [1.54, 1.807) is 6.07 Å². The molecule has 3 nitrogen and oxygen atoms in total. The second-order valence-electron chi connectivity index (χ2n) is 4.28. The van der Waals surface area contributed by atoms with E-state index < -0.39 is 6.04 Å². The fourth-order valence-corrected chi connectivity index (χ4v) is 2.58. The van der Waals surface area contributed by atoms with Crippen LogP contribution in [0.2, 0.25) is 0 Å². The second-order valence-corrected chi connectivity index (χ2v) is 5.13. The number of nitrogens with one attached hydrogen (secondary N) is 2. The first-order valence-corrected chi connectivity index (χ1v) is 6.56. The smallest absolute Gasteiger partial charge is 0.251 e. The maximum atomic E-state index is 13.0. The summed E-state index contributed by atoms with van der Waals surface area (Å²) in [5.41, 5.74) is 2.38. The van der Waals surface area contributed by atoms with E-state index in [1.807, 2.05) is 24.3 Å². The molecule has 0 radical (unpaired) electrons. The number of hydrogen-bond donors (Lipinski definition) is 2. The number of hydrogen-bond acceptors (Lipinski definition) is 2. The van der Waals surface area contributed by atoms with E-state index in [9.17, 15) is 9.18 Å². The summed E-state index contributed by atoms with van der Waals surface area (Å²) >= 11 is 3.28. The van der Waals surface area contributed by atoms with Crippen LogP contribution in [0.1, 0.15) is 11.6 Å². The Morgan fingerprint density at radius 2 is 2.00 bits per heavy atom. The van der Waals surface area contributed by atoms with Gasteiger partial charge in [0.15, 0.2) is 0 Å². The number of para-hydroxylation sites is 1. The summed E-state index contributed by atoms with van der Waals surface area (Å²) < 4.78 is 13.6. The number of carbonyl (C=O) groups is 1. The fraction of sp³-hybridized carbons (Fsp3) is 0.0714. The van der Waals surface area contributed by atoms with Crippen molar-refractivity contribution < 1.29 is 9.18 Å². The lowest BCUT2D eigenvalue weighted by atomic mass is 10.1. The molecule has 0 aromatic heterocycles. The van der Waals surface area contributed by atoms with E-state index >= 15 is 0 Å². The Labute approximate surface area is 118 Å². The molecule has 1 amide bonds. The summed E-state index contributed by atoms with van der Waals surface area (Å²) in [4.78, 5) is 12.0. The van der Waals surface area contributed by atoms with Gasteiger partial charge in [-0.25, -0.2) is 4.39 Å². The largest absolute Gasteiger partial charge is 0.369 e. The van der Waals surface area contributed by atoms with Gasteiger partial charge < -0.3 is 10.6 Å². The van der Waals surface area contributed by atoms with Gasteiger partial charge in [-0.05, 0) is 40.2 Å². The standard InChI is InChI=1S/C14H10BrFN2O/c15-10-7-8(16)5-6-12(10)17-13-9-3-1-2-4-11(9)18-14(13)19/h1-7,13,17H,(H,18,19). The maximum absolute atomic E-state index is 13.0. The summed E-state index contributed by atoms with van der Waals surface area (Å²) in [6, 6.07) is 11.4. The van der Waals surface area contributed by atoms with Crippen LogP contribution in [0.3, 0.4) is 0 Å². The lowest BCUT2D eigenvalue weighted by Crippen LogP contribution is -2.19. The van der Waals surface area contributed by atoms with E-state index in [0.29, 0.717) is 10.2 Å². The molecule has 0 saturated carbocycles. The Morgan fingerprint density at radius 3 is 2.79 bits per heavy atom. The van der Waals surface area contributed by atoms with Crippen LogP contribution in [0.5, 0.6) is 0 Å². The normalized spacial score (nSPS) is 16.9. The number of halogens is 2. The van der Waals surface area contributed by atoms with E-state index in [2.05, 4.69) is 26.6 Å². The Kier molecular flexibility index (Phi) is 2.98. The van der Waals surface area contributed by atoms with Crippen molar-refractivity contribution in [3.8, 4) is 0 Å². The fourth-order valence-electron chi connectivity index (χ4n) is 2.11. The van der Waals surface area contributed by atoms with Gasteiger partial charge in [-0.2, -0.15) is 0 Å². The van der Waals surface area contributed by atoms with Crippen LogP contribution in [0.4, 0.5) is 15.8 Å². The van der Waals surface area contributed by atoms with Gasteiger partial charge in [0.1, 0.15) is 11.9 Å². The van der Waals surface area contributed by atoms with E-state index in [0.717, 1.165) is 11.3 Å². The Morgan fingerprint density at radius 1 is 1.21 bits per heavy atom. The number of carbonyl (C=O) groups excluding carboxylic acids is 1. The highest BCUT2D eigenvalue weighted by molar-refractivity contribution is 9.10. The zero-order chi connectivity index (χ0) is 13.4. The minimum absolute atomic E-state index is 0.113. The first kappa shape index (κ1) is 12.2. The molecule has 2 N–H and O–H groups in total. The molecule has 0 aliphatic carbocycles. The van der Waals surface area contributed by atoms with Crippen molar-refractivity contribution >= 4 is 33.2 Å². The van der Waals surface area contributed by atoms with Gasteiger partial charge in [-0.1, -0.05) is 18.2 Å². The van der Waals surface area contributed by atoms with Crippen molar-refractivity contribution in [2.45, 2.75) is 6.04 Å². The molecule has 0 fully saturated rings. The molecule has 1 unspecified atom stereocenters. The van der Waals surface area contributed by atoms with Crippen LogP contribution in [0.25, 0.3) is 0 Å². The average molecular weight is 321 g/mol. The molecular weight excluding hydrogens is 311 g/mol. The third-order valence-electron chi connectivity index (χ3n) is 3.02. The predicted octanol–water partition coefficient (Wildman–Crippen LogP) is 3.69. The van der Waals surface area contributed by atoms with E-state index in [4.69, 9.17) is 0 Å².